The number of nitrogens with zero attached hydrogens (tertiary/aromatic N) is 2. The number of carbonyl (C=O) groups is 1. The summed E-state index contributed by atoms with van der Waals surface area (Å²) in [7, 11) is -1.35. The maximum absolute atomic E-state index is 12.6. The number of para-hydroxylation sites is 1. The molecule has 0 saturated heterocycles. The van der Waals surface area contributed by atoms with E-state index in [0.717, 1.165) is 11.4 Å². The molecule has 1 aromatic carbocycles. The van der Waals surface area contributed by atoms with Gasteiger partial charge in [-0.25, -0.2) is 0 Å². The van der Waals surface area contributed by atoms with Gasteiger partial charge in [0.05, 0.1) is 11.4 Å². The summed E-state index contributed by atoms with van der Waals surface area (Å²) in [6.07, 6.45) is 0. The van der Waals surface area contributed by atoms with Gasteiger partial charge in [0.15, 0.2) is 0 Å². The summed E-state index contributed by atoms with van der Waals surface area (Å²) in [6.45, 7) is 5.93. The van der Waals surface area contributed by atoms with E-state index in [1.165, 1.54) is 0 Å². The van der Waals surface area contributed by atoms with Crippen LogP contribution in [0.15, 0.2) is 40.9 Å². The van der Waals surface area contributed by atoms with Crippen LogP contribution in [-0.4, -0.2) is 27.1 Å². The summed E-state index contributed by atoms with van der Waals surface area (Å²) < 4.78 is 17.5. The quantitative estimate of drug-likeness (QED) is 0.821. The summed E-state index contributed by atoms with van der Waals surface area (Å²) in [5.41, 5.74) is 1.56. The molecule has 0 bridgehead atoms. The van der Waals surface area contributed by atoms with Crippen molar-refractivity contribution in [1.82, 2.24) is 5.16 Å². The highest BCUT2D eigenvalue weighted by Gasteiger charge is 2.26. The topological polar surface area (TPSA) is 63.4 Å². The van der Waals surface area contributed by atoms with Crippen molar-refractivity contribution in [3.05, 3.63) is 47.9 Å². The molecule has 22 heavy (non-hydrogen) atoms. The fraction of sp³-hybridized carbons (Fsp3) is 0.375. The van der Waals surface area contributed by atoms with Crippen molar-refractivity contribution in [2.24, 2.45) is 0 Å². The molecule has 0 spiro atoms. The SMILES string of the molecule is CCN(C(=O)C(C)S(=O)Cc1cc(C)no1)c1ccccc1. The second kappa shape index (κ2) is 7.35. The van der Waals surface area contributed by atoms with Crippen molar-refractivity contribution >= 4 is 22.4 Å². The summed E-state index contributed by atoms with van der Waals surface area (Å²) in [6, 6.07) is 11.1. The Morgan fingerprint density at radius 3 is 2.59 bits per heavy atom. The van der Waals surface area contributed by atoms with E-state index in [9.17, 15) is 9.00 Å². The highest BCUT2D eigenvalue weighted by molar-refractivity contribution is 7.85. The van der Waals surface area contributed by atoms with Gasteiger partial charge in [-0.15, -0.1) is 0 Å². The molecular weight excluding hydrogens is 300 g/mol. The van der Waals surface area contributed by atoms with Gasteiger partial charge >= 0.3 is 0 Å². The molecule has 0 saturated carbocycles. The van der Waals surface area contributed by atoms with Gasteiger partial charge in [-0.3, -0.25) is 9.00 Å². The number of anilines is 1. The third-order valence-corrected chi connectivity index (χ3v) is 4.91. The minimum absolute atomic E-state index is 0.150. The van der Waals surface area contributed by atoms with Gasteiger partial charge < -0.3 is 9.42 Å². The zero-order chi connectivity index (χ0) is 16.1. The van der Waals surface area contributed by atoms with E-state index in [1.54, 1.807) is 24.8 Å². The molecule has 0 fully saturated rings. The number of benzene rings is 1. The molecule has 0 aliphatic heterocycles. The third-order valence-electron chi connectivity index (χ3n) is 3.35. The minimum atomic E-state index is -1.35. The van der Waals surface area contributed by atoms with Crippen LogP contribution in [0.2, 0.25) is 0 Å². The molecule has 5 nitrogen and oxygen atoms in total. The molecule has 118 valence electrons. The van der Waals surface area contributed by atoms with E-state index in [-0.39, 0.29) is 11.7 Å². The zero-order valence-electron chi connectivity index (χ0n) is 13.0. The molecular formula is C16H20N2O3S. The van der Waals surface area contributed by atoms with E-state index < -0.39 is 16.0 Å². The van der Waals surface area contributed by atoms with Crippen LogP contribution in [0.1, 0.15) is 25.3 Å². The van der Waals surface area contributed by atoms with Crippen molar-refractivity contribution in [2.45, 2.75) is 31.8 Å². The van der Waals surface area contributed by atoms with Crippen LogP contribution in [0.3, 0.4) is 0 Å². The number of hydrogen-bond acceptors (Lipinski definition) is 4. The van der Waals surface area contributed by atoms with Gasteiger partial charge in [0.25, 0.3) is 0 Å². The smallest absolute Gasteiger partial charge is 0.242 e. The van der Waals surface area contributed by atoms with Gasteiger partial charge in [0, 0.05) is 29.1 Å². The summed E-state index contributed by atoms with van der Waals surface area (Å²) in [5, 5.41) is 3.16. The molecule has 2 rings (SSSR count). The van der Waals surface area contributed by atoms with Crippen molar-refractivity contribution in [1.29, 1.82) is 0 Å². The zero-order valence-corrected chi connectivity index (χ0v) is 13.8. The summed E-state index contributed by atoms with van der Waals surface area (Å²) >= 11 is 0. The van der Waals surface area contributed by atoms with Gasteiger partial charge in [-0.1, -0.05) is 23.4 Å². The van der Waals surface area contributed by atoms with Crippen molar-refractivity contribution in [3.63, 3.8) is 0 Å². The lowest BCUT2D eigenvalue weighted by Gasteiger charge is -2.24. The monoisotopic (exact) mass is 320 g/mol. The normalized spacial score (nSPS) is 13.6. The summed E-state index contributed by atoms with van der Waals surface area (Å²) in [4.78, 5) is 14.2. The molecule has 2 atom stereocenters. The molecule has 2 unspecified atom stereocenters. The van der Waals surface area contributed by atoms with Gasteiger partial charge in [0.1, 0.15) is 11.0 Å². The molecule has 2 aromatic rings. The van der Waals surface area contributed by atoms with E-state index >= 15 is 0 Å². The van der Waals surface area contributed by atoms with Crippen molar-refractivity contribution in [2.75, 3.05) is 11.4 Å². The van der Waals surface area contributed by atoms with Gasteiger partial charge in [-0.2, -0.15) is 0 Å². The van der Waals surface area contributed by atoms with Gasteiger partial charge in [-0.05, 0) is 32.9 Å². The largest absolute Gasteiger partial charge is 0.360 e. The number of aromatic nitrogens is 1. The van der Waals surface area contributed by atoms with Crippen LogP contribution < -0.4 is 4.90 Å². The molecule has 1 amide bonds. The Balaban J connectivity index is 2.08. The Kier molecular flexibility index (Phi) is 5.49. The first-order valence-corrected chi connectivity index (χ1v) is 8.57. The highest BCUT2D eigenvalue weighted by atomic mass is 32.2. The fourth-order valence-corrected chi connectivity index (χ4v) is 3.17. The third kappa shape index (κ3) is 3.82. The molecule has 1 heterocycles. The Bertz CT molecular complexity index is 654. The Hall–Kier alpha value is -1.95. The molecule has 0 aliphatic carbocycles. The minimum Gasteiger partial charge on any atom is -0.360 e. The first kappa shape index (κ1) is 16.4. The Morgan fingerprint density at radius 1 is 1.36 bits per heavy atom. The number of aryl methyl sites for hydroxylation is 1. The van der Waals surface area contributed by atoms with E-state index in [0.29, 0.717) is 12.3 Å². The first-order chi connectivity index (χ1) is 10.5. The van der Waals surface area contributed by atoms with Crippen LogP contribution in [-0.2, 0) is 21.3 Å². The van der Waals surface area contributed by atoms with E-state index in [2.05, 4.69) is 5.16 Å². The Labute approximate surface area is 132 Å². The van der Waals surface area contributed by atoms with Crippen LogP contribution in [0, 0.1) is 6.92 Å². The predicted octanol–water partition coefficient (Wildman–Crippen LogP) is 2.67. The van der Waals surface area contributed by atoms with E-state index in [1.807, 2.05) is 37.3 Å². The number of hydrogen-bond donors (Lipinski definition) is 0. The average molecular weight is 320 g/mol. The van der Waals surface area contributed by atoms with Crippen molar-refractivity contribution < 1.29 is 13.5 Å². The molecule has 0 aliphatic rings. The number of amides is 1. The maximum atomic E-state index is 12.6. The predicted molar refractivity (Wildman–Crippen MR) is 87.0 cm³/mol. The lowest BCUT2D eigenvalue weighted by molar-refractivity contribution is -0.117. The highest BCUT2D eigenvalue weighted by Crippen LogP contribution is 2.17. The number of carbonyl (C=O) groups excluding carboxylic acids is 1. The molecule has 0 N–H and O–H groups in total. The lowest BCUT2D eigenvalue weighted by atomic mass is 10.2. The van der Waals surface area contributed by atoms with Crippen molar-refractivity contribution in [3.8, 4) is 0 Å². The van der Waals surface area contributed by atoms with Crippen LogP contribution in [0.5, 0.6) is 0 Å². The van der Waals surface area contributed by atoms with Crippen LogP contribution in [0.4, 0.5) is 5.69 Å². The standard InChI is InChI=1S/C16H20N2O3S/c1-4-18(14-8-6-5-7-9-14)16(19)13(3)22(20)11-15-10-12(2)17-21-15/h5-10,13H,4,11H2,1-3H3. The van der Waals surface area contributed by atoms with E-state index in [4.69, 9.17) is 4.52 Å². The number of rotatable bonds is 6. The maximum Gasteiger partial charge on any atom is 0.242 e. The fourth-order valence-electron chi connectivity index (χ4n) is 2.16. The van der Waals surface area contributed by atoms with Gasteiger partial charge in [0.2, 0.25) is 5.91 Å². The second-order valence-corrected chi connectivity index (χ2v) is 6.78. The second-order valence-electron chi connectivity index (χ2n) is 5.02. The molecule has 0 radical (unpaired) electrons. The first-order valence-electron chi connectivity index (χ1n) is 7.18. The average Bonchev–Trinajstić information content (AvgIpc) is 2.93. The lowest BCUT2D eigenvalue weighted by Crippen LogP contribution is -2.40. The molecule has 6 heteroatoms. The summed E-state index contributed by atoms with van der Waals surface area (Å²) in [5.74, 6) is 0.585. The van der Waals surface area contributed by atoms with Crippen LogP contribution >= 0.6 is 0 Å². The van der Waals surface area contributed by atoms with Crippen LogP contribution in [0.25, 0.3) is 0 Å². The molecule has 1 aromatic heterocycles. The Morgan fingerprint density at radius 2 is 2.05 bits per heavy atom.